The molecule has 1 aromatic rings. The molecule has 1 rings (SSSR count). The van der Waals surface area contributed by atoms with Crippen LogP contribution in [0.5, 0.6) is 0 Å². The van der Waals surface area contributed by atoms with Gasteiger partial charge >= 0.3 is 6.18 Å². The summed E-state index contributed by atoms with van der Waals surface area (Å²) in [7, 11) is -4.01. The molecule has 1 aromatic carbocycles. The van der Waals surface area contributed by atoms with E-state index in [1.54, 1.807) is 37.3 Å². The molecule has 8 heteroatoms. The Bertz CT molecular complexity index is 544. The van der Waals surface area contributed by atoms with Gasteiger partial charge in [-0.2, -0.15) is 13.2 Å². The third-order valence-corrected chi connectivity index (χ3v) is 4.45. The lowest BCUT2D eigenvalue weighted by atomic mass is 9.94. The Balaban J connectivity index is 2.67. The summed E-state index contributed by atoms with van der Waals surface area (Å²) in [6.45, 7) is 1.53. The molecule has 0 aliphatic rings. The lowest BCUT2D eigenvalue weighted by molar-refractivity contribution is -0.129. The van der Waals surface area contributed by atoms with E-state index in [0.29, 0.717) is 6.42 Å². The number of halogens is 3. The van der Waals surface area contributed by atoms with Gasteiger partial charge in [-0.1, -0.05) is 30.3 Å². The van der Waals surface area contributed by atoms with Crippen LogP contribution in [0.15, 0.2) is 30.3 Å². The Morgan fingerprint density at radius 1 is 1.23 bits per heavy atom. The van der Waals surface area contributed by atoms with Crippen molar-refractivity contribution in [2.45, 2.75) is 38.0 Å². The second kappa shape index (κ2) is 7.94. The first-order valence-electron chi connectivity index (χ1n) is 6.86. The van der Waals surface area contributed by atoms with Crippen LogP contribution >= 0.6 is 0 Å². The Morgan fingerprint density at radius 2 is 1.82 bits per heavy atom. The quantitative estimate of drug-likeness (QED) is 0.764. The Kier molecular flexibility index (Phi) is 6.83. The van der Waals surface area contributed by atoms with E-state index in [1.165, 1.54) is 0 Å². The van der Waals surface area contributed by atoms with Crippen molar-refractivity contribution in [1.82, 2.24) is 4.72 Å². The summed E-state index contributed by atoms with van der Waals surface area (Å²) in [6, 6.07) is 8.94. The second-order valence-corrected chi connectivity index (χ2v) is 7.15. The van der Waals surface area contributed by atoms with Crippen molar-refractivity contribution >= 4 is 10.0 Å². The molecule has 0 heterocycles. The highest BCUT2D eigenvalue weighted by Crippen LogP contribution is 2.22. The second-order valence-electron chi connectivity index (χ2n) is 5.22. The summed E-state index contributed by atoms with van der Waals surface area (Å²) in [5, 5.41) is 9.50. The third-order valence-electron chi connectivity index (χ3n) is 3.10. The minimum Gasteiger partial charge on any atom is -0.393 e. The first-order chi connectivity index (χ1) is 10.1. The van der Waals surface area contributed by atoms with E-state index in [4.69, 9.17) is 0 Å². The van der Waals surface area contributed by atoms with E-state index < -0.39 is 34.5 Å². The predicted octanol–water partition coefficient (Wildman–Crippen LogP) is 2.41. The maximum atomic E-state index is 12.1. The molecular weight excluding hydrogens is 319 g/mol. The number of hydrogen-bond donors (Lipinski definition) is 2. The van der Waals surface area contributed by atoms with Crippen molar-refractivity contribution in [3.63, 3.8) is 0 Å². The maximum Gasteiger partial charge on any atom is 0.390 e. The molecule has 2 unspecified atom stereocenters. The van der Waals surface area contributed by atoms with E-state index in [1.807, 2.05) is 0 Å². The van der Waals surface area contributed by atoms with Crippen LogP contribution in [0.25, 0.3) is 0 Å². The topological polar surface area (TPSA) is 66.4 Å². The SMILES string of the molecule is CC(O)CC(CNS(=O)(=O)CCC(F)(F)F)c1ccccc1. The molecule has 0 aliphatic heterocycles. The van der Waals surface area contributed by atoms with Crippen molar-refractivity contribution < 1.29 is 26.7 Å². The number of rotatable bonds is 8. The van der Waals surface area contributed by atoms with E-state index in [0.717, 1.165) is 5.56 Å². The minimum atomic E-state index is -4.51. The molecule has 0 amide bonds. The number of aliphatic hydroxyl groups is 1. The number of sulfonamides is 1. The standard InChI is InChI=1S/C14H20F3NO3S/c1-11(19)9-13(12-5-3-2-4-6-12)10-18-22(20,21)8-7-14(15,16)17/h2-6,11,13,18-19H,7-10H2,1H3. The van der Waals surface area contributed by atoms with Gasteiger partial charge < -0.3 is 5.11 Å². The lowest BCUT2D eigenvalue weighted by Crippen LogP contribution is -2.33. The van der Waals surface area contributed by atoms with Crippen molar-refractivity contribution in [3.8, 4) is 0 Å². The number of benzene rings is 1. The molecule has 0 fully saturated rings. The zero-order valence-electron chi connectivity index (χ0n) is 12.2. The summed E-state index contributed by atoms with van der Waals surface area (Å²) in [5.41, 5.74) is 0.821. The fourth-order valence-corrected chi connectivity index (χ4v) is 3.12. The molecule has 22 heavy (non-hydrogen) atoms. The molecule has 0 aromatic heterocycles. The molecule has 2 N–H and O–H groups in total. The molecular formula is C14H20F3NO3S. The van der Waals surface area contributed by atoms with Crippen molar-refractivity contribution in [1.29, 1.82) is 0 Å². The molecule has 2 atom stereocenters. The highest BCUT2D eigenvalue weighted by molar-refractivity contribution is 7.89. The van der Waals surface area contributed by atoms with Gasteiger partial charge in [-0.05, 0) is 24.8 Å². The summed E-state index contributed by atoms with van der Waals surface area (Å²) in [6.07, 6.45) is -6.22. The number of nitrogens with one attached hydrogen (secondary N) is 1. The first kappa shape index (κ1) is 18.9. The Hall–Kier alpha value is -1.12. The molecule has 0 spiro atoms. The number of alkyl halides is 3. The third kappa shape index (κ3) is 7.77. The zero-order chi connectivity index (χ0) is 16.8. The van der Waals surface area contributed by atoms with Gasteiger partial charge in [0.15, 0.2) is 0 Å². The largest absolute Gasteiger partial charge is 0.393 e. The van der Waals surface area contributed by atoms with E-state index in [9.17, 15) is 26.7 Å². The highest BCUT2D eigenvalue weighted by atomic mass is 32.2. The lowest BCUT2D eigenvalue weighted by Gasteiger charge is -2.20. The van der Waals surface area contributed by atoms with Crippen LogP contribution in [0, 0.1) is 0 Å². The molecule has 126 valence electrons. The fourth-order valence-electron chi connectivity index (χ4n) is 2.02. The van der Waals surface area contributed by atoms with Crippen LogP contribution in [0.1, 0.15) is 31.2 Å². The summed E-state index contributed by atoms with van der Waals surface area (Å²) in [5.74, 6) is -1.30. The molecule has 0 saturated heterocycles. The zero-order valence-corrected chi connectivity index (χ0v) is 13.0. The number of aliphatic hydroxyl groups excluding tert-OH is 1. The highest BCUT2D eigenvalue weighted by Gasteiger charge is 2.30. The summed E-state index contributed by atoms with van der Waals surface area (Å²) in [4.78, 5) is 0. The summed E-state index contributed by atoms with van der Waals surface area (Å²) < 4.78 is 61.7. The van der Waals surface area contributed by atoms with Gasteiger partial charge in [-0.25, -0.2) is 13.1 Å². The Labute approximate surface area is 128 Å². The van der Waals surface area contributed by atoms with Gasteiger partial charge in [-0.15, -0.1) is 0 Å². The maximum absolute atomic E-state index is 12.1. The van der Waals surface area contributed by atoms with Crippen molar-refractivity contribution in [3.05, 3.63) is 35.9 Å². The molecule has 0 saturated carbocycles. The van der Waals surface area contributed by atoms with Crippen LogP contribution in [0.4, 0.5) is 13.2 Å². The predicted molar refractivity (Wildman–Crippen MR) is 77.9 cm³/mol. The average molecular weight is 339 g/mol. The van der Waals surface area contributed by atoms with Crippen LogP contribution in [0.2, 0.25) is 0 Å². The monoisotopic (exact) mass is 339 g/mol. The van der Waals surface area contributed by atoms with Crippen LogP contribution < -0.4 is 4.72 Å². The van der Waals surface area contributed by atoms with Gasteiger partial charge in [0.25, 0.3) is 0 Å². The van der Waals surface area contributed by atoms with E-state index in [2.05, 4.69) is 4.72 Å². The first-order valence-corrected chi connectivity index (χ1v) is 8.51. The molecule has 0 bridgehead atoms. The van der Waals surface area contributed by atoms with Gasteiger partial charge in [0.05, 0.1) is 18.3 Å². The van der Waals surface area contributed by atoms with Crippen LogP contribution in [0.3, 0.4) is 0 Å². The smallest absolute Gasteiger partial charge is 0.390 e. The van der Waals surface area contributed by atoms with Gasteiger partial charge in [-0.3, -0.25) is 0 Å². The Morgan fingerprint density at radius 3 is 2.32 bits per heavy atom. The molecule has 4 nitrogen and oxygen atoms in total. The number of hydrogen-bond acceptors (Lipinski definition) is 3. The van der Waals surface area contributed by atoms with Gasteiger partial charge in [0.2, 0.25) is 10.0 Å². The van der Waals surface area contributed by atoms with Crippen LogP contribution in [-0.4, -0.2) is 38.1 Å². The normalized spacial score (nSPS) is 15.5. The van der Waals surface area contributed by atoms with Gasteiger partial charge in [0, 0.05) is 6.54 Å². The fraction of sp³-hybridized carbons (Fsp3) is 0.571. The van der Waals surface area contributed by atoms with Crippen molar-refractivity contribution in [2.24, 2.45) is 0 Å². The van der Waals surface area contributed by atoms with Crippen molar-refractivity contribution in [2.75, 3.05) is 12.3 Å². The van der Waals surface area contributed by atoms with Gasteiger partial charge in [0.1, 0.15) is 0 Å². The minimum absolute atomic E-state index is 0.0465. The average Bonchev–Trinajstić information content (AvgIpc) is 2.41. The molecule has 0 aliphatic carbocycles. The molecule has 0 radical (unpaired) electrons. The van der Waals surface area contributed by atoms with E-state index in [-0.39, 0.29) is 12.5 Å². The van der Waals surface area contributed by atoms with E-state index >= 15 is 0 Å². The van der Waals surface area contributed by atoms with Crippen LogP contribution in [-0.2, 0) is 10.0 Å². The summed E-state index contributed by atoms with van der Waals surface area (Å²) >= 11 is 0.